The van der Waals surface area contributed by atoms with Gasteiger partial charge in [-0.15, -0.1) is 0 Å². The zero-order valence-electron chi connectivity index (χ0n) is 20.3. The first-order chi connectivity index (χ1) is 16.3. The maximum atomic E-state index is 11.2. The summed E-state index contributed by atoms with van der Waals surface area (Å²) in [6.07, 6.45) is 5.52. The van der Waals surface area contributed by atoms with Crippen molar-refractivity contribution in [1.82, 2.24) is 14.7 Å². The summed E-state index contributed by atoms with van der Waals surface area (Å²) >= 11 is 6.27. The number of aryl methyl sites for hydroxylation is 3. The lowest BCUT2D eigenvalue weighted by atomic mass is 9.93. The van der Waals surface area contributed by atoms with Gasteiger partial charge in [0, 0.05) is 24.3 Å². The zero-order chi connectivity index (χ0) is 24.1. The van der Waals surface area contributed by atoms with Crippen LogP contribution < -0.4 is 9.47 Å². The quantitative estimate of drug-likeness (QED) is 0.466. The number of rotatable bonds is 9. The third-order valence-electron chi connectivity index (χ3n) is 6.21. The topological polar surface area (TPSA) is 59.8 Å². The van der Waals surface area contributed by atoms with E-state index in [9.17, 15) is 5.11 Å². The highest BCUT2D eigenvalue weighted by Crippen LogP contribution is 2.28. The van der Waals surface area contributed by atoms with Gasteiger partial charge in [-0.25, -0.2) is 0 Å². The standard InChI is InChI=1S/C27H34ClN3O3/c1-20-15-29-31(16-20)10-11-33-24-7-4-6-23(14-24)17-30-9-5-8-27(32,18-30)19-34-25-12-21(2)26(28)22(3)13-25/h4,6-7,12-16,32H,5,8-11,17-19H2,1-3H3. The molecule has 1 aromatic heterocycles. The van der Waals surface area contributed by atoms with Gasteiger partial charge in [0.15, 0.2) is 0 Å². The second kappa shape index (κ2) is 10.8. The molecule has 1 fully saturated rings. The largest absolute Gasteiger partial charge is 0.492 e. The molecule has 0 saturated carbocycles. The SMILES string of the molecule is Cc1cnn(CCOc2cccc(CN3CCCC(O)(COc4cc(C)c(Cl)c(C)c4)C3)c2)c1. The Labute approximate surface area is 207 Å². The van der Waals surface area contributed by atoms with Crippen LogP contribution in [0.15, 0.2) is 48.8 Å². The molecule has 1 aliphatic rings. The number of nitrogens with zero attached hydrogens (tertiary/aromatic N) is 3. The van der Waals surface area contributed by atoms with Gasteiger partial charge in [-0.2, -0.15) is 5.10 Å². The number of aliphatic hydroxyl groups is 1. The molecule has 2 aromatic carbocycles. The summed E-state index contributed by atoms with van der Waals surface area (Å²) in [5.74, 6) is 1.60. The molecule has 1 N–H and O–H groups in total. The second-order valence-corrected chi connectivity index (χ2v) is 9.85. The number of hydrogen-bond donors (Lipinski definition) is 1. The molecule has 2 heterocycles. The van der Waals surface area contributed by atoms with E-state index in [1.165, 1.54) is 5.56 Å². The first-order valence-corrected chi connectivity index (χ1v) is 12.2. The number of hydrogen-bond acceptors (Lipinski definition) is 5. The summed E-state index contributed by atoms with van der Waals surface area (Å²) in [7, 11) is 0. The molecule has 0 spiro atoms. The molecule has 1 atom stereocenters. The third kappa shape index (κ3) is 6.53. The van der Waals surface area contributed by atoms with E-state index in [1.807, 2.05) is 62.1 Å². The molecule has 1 saturated heterocycles. The van der Waals surface area contributed by atoms with E-state index in [4.69, 9.17) is 21.1 Å². The normalized spacial score (nSPS) is 18.7. The molecule has 0 amide bonds. The van der Waals surface area contributed by atoms with Gasteiger partial charge in [0.25, 0.3) is 0 Å². The van der Waals surface area contributed by atoms with Gasteiger partial charge in [-0.1, -0.05) is 23.7 Å². The summed E-state index contributed by atoms with van der Waals surface area (Å²) < 4.78 is 13.8. The monoisotopic (exact) mass is 483 g/mol. The van der Waals surface area contributed by atoms with Crippen LogP contribution in [-0.4, -0.2) is 51.7 Å². The lowest BCUT2D eigenvalue weighted by Crippen LogP contribution is -2.51. The van der Waals surface area contributed by atoms with Crippen molar-refractivity contribution in [3.05, 3.63) is 76.1 Å². The average Bonchev–Trinajstić information content (AvgIpc) is 3.21. The minimum atomic E-state index is -0.879. The molecule has 1 unspecified atom stereocenters. The van der Waals surface area contributed by atoms with Crippen molar-refractivity contribution in [2.24, 2.45) is 0 Å². The van der Waals surface area contributed by atoms with Crippen molar-refractivity contribution < 1.29 is 14.6 Å². The molecule has 34 heavy (non-hydrogen) atoms. The van der Waals surface area contributed by atoms with Crippen LogP contribution in [0.3, 0.4) is 0 Å². The highest BCUT2D eigenvalue weighted by Gasteiger charge is 2.34. The molecular formula is C27H34ClN3O3. The van der Waals surface area contributed by atoms with Crippen molar-refractivity contribution in [1.29, 1.82) is 0 Å². The van der Waals surface area contributed by atoms with E-state index in [-0.39, 0.29) is 6.61 Å². The van der Waals surface area contributed by atoms with Crippen molar-refractivity contribution in [2.75, 3.05) is 26.3 Å². The lowest BCUT2D eigenvalue weighted by molar-refractivity contribution is -0.0621. The fourth-order valence-electron chi connectivity index (χ4n) is 4.50. The molecule has 0 aliphatic carbocycles. The van der Waals surface area contributed by atoms with Crippen molar-refractivity contribution >= 4 is 11.6 Å². The molecule has 7 heteroatoms. The Morgan fingerprint density at radius 3 is 2.62 bits per heavy atom. The predicted molar refractivity (Wildman–Crippen MR) is 135 cm³/mol. The Morgan fingerprint density at radius 1 is 1.09 bits per heavy atom. The van der Waals surface area contributed by atoms with E-state index in [0.717, 1.165) is 59.1 Å². The number of β-amino-alcohol motifs (C(OH)–C–C–N with tert-alkyl or cyclic N) is 1. The summed E-state index contributed by atoms with van der Waals surface area (Å²) in [4.78, 5) is 2.29. The first kappa shape index (κ1) is 24.6. The van der Waals surface area contributed by atoms with Gasteiger partial charge in [0.05, 0.1) is 12.7 Å². The second-order valence-electron chi connectivity index (χ2n) is 9.47. The third-order valence-corrected chi connectivity index (χ3v) is 6.80. The highest BCUT2D eigenvalue weighted by atomic mass is 35.5. The van der Waals surface area contributed by atoms with Gasteiger partial charge in [0.1, 0.15) is 30.3 Å². The maximum Gasteiger partial charge on any atom is 0.120 e. The Bertz CT molecular complexity index is 1090. The van der Waals surface area contributed by atoms with Crippen molar-refractivity contribution in [3.8, 4) is 11.5 Å². The van der Waals surface area contributed by atoms with E-state index in [0.29, 0.717) is 19.7 Å². The van der Waals surface area contributed by atoms with Crippen LogP contribution in [0.4, 0.5) is 0 Å². The molecule has 6 nitrogen and oxygen atoms in total. The van der Waals surface area contributed by atoms with Gasteiger partial charge >= 0.3 is 0 Å². The fraction of sp³-hybridized carbons (Fsp3) is 0.444. The van der Waals surface area contributed by atoms with E-state index >= 15 is 0 Å². The van der Waals surface area contributed by atoms with Gasteiger partial charge in [0.2, 0.25) is 0 Å². The first-order valence-electron chi connectivity index (χ1n) is 11.8. The van der Waals surface area contributed by atoms with Gasteiger partial charge < -0.3 is 14.6 Å². The van der Waals surface area contributed by atoms with E-state index in [1.54, 1.807) is 0 Å². The Hall–Kier alpha value is -2.54. The number of aromatic nitrogens is 2. The fourth-order valence-corrected chi connectivity index (χ4v) is 4.61. The molecule has 3 aromatic rings. The van der Waals surface area contributed by atoms with Crippen LogP contribution in [0.2, 0.25) is 5.02 Å². The highest BCUT2D eigenvalue weighted by molar-refractivity contribution is 6.32. The van der Waals surface area contributed by atoms with E-state index < -0.39 is 5.60 Å². The van der Waals surface area contributed by atoms with Crippen LogP contribution in [-0.2, 0) is 13.1 Å². The number of benzene rings is 2. The number of ether oxygens (including phenoxy) is 2. The smallest absolute Gasteiger partial charge is 0.120 e. The Kier molecular flexibility index (Phi) is 7.81. The lowest BCUT2D eigenvalue weighted by Gasteiger charge is -2.39. The summed E-state index contributed by atoms with van der Waals surface area (Å²) in [6, 6.07) is 12.0. The Morgan fingerprint density at radius 2 is 1.88 bits per heavy atom. The molecule has 0 bridgehead atoms. The van der Waals surface area contributed by atoms with Crippen molar-refractivity contribution in [3.63, 3.8) is 0 Å². The summed E-state index contributed by atoms with van der Waals surface area (Å²) in [5.41, 5.74) is 3.40. The minimum Gasteiger partial charge on any atom is -0.492 e. The molecule has 182 valence electrons. The number of piperidine rings is 1. The molecule has 1 aliphatic heterocycles. The van der Waals surface area contributed by atoms with Gasteiger partial charge in [-0.05, 0) is 86.7 Å². The average molecular weight is 484 g/mol. The zero-order valence-corrected chi connectivity index (χ0v) is 21.0. The molecule has 0 radical (unpaired) electrons. The Balaban J connectivity index is 1.30. The van der Waals surface area contributed by atoms with Crippen molar-refractivity contribution in [2.45, 2.75) is 52.3 Å². The van der Waals surface area contributed by atoms with Crippen LogP contribution >= 0.6 is 11.6 Å². The number of halogens is 1. The van der Waals surface area contributed by atoms with Crippen LogP contribution in [0.25, 0.3) is 0 Å². The van der Waals surface area contributed by atoms with Gasteiger partial charge in [-0.3, -0.25) is 9.58 Å². The summed E-state index contributed by atoms with van der Waals surface area (Å²) in [5, 5.41) is 16.3. The van der Waals surface area contributed by atoms with Crippen LogP contribution in [0.5, 0.6) is 11.5 Å². The molecular weight excluding hydrogens is 450 g/mol. The van der Waals surface area contributed by atoms with Crippen LogP contribution in [0.1, 0.15) is 35.1 Å². The summed E-state index contributed by atoms with van der Waals surface area (Å²) in [6.45, 7) is 9.79. The minimum absolute atomic E-state index is 0.264. The molecule has 4 rings (SSSR count). The van der Waals surface area contributed by atoms with E-state index in [2.05, 4.69) is 22.1 Å². The predicted octanol–water partition coefficient (Wildman–Crippen LogP) is 4.95. The van der Waals surface area contributed by atoms with Crippen LogP contribution in [0, 0.1) is 20.8 Å². The maximum absolute atomic E-state index is 11.2. The number of likely N-dealkylation sites (tertiary alicyclic amines) is 1.